The molecular formula is C21H21N9O3. The van der Waals surface area contributed by atoms with Crippen molar-refractivity contribution in [3.05, 3.63) is 59.4 Å². The number of fused-ring (bicyclic) bond motifs is 1. The molecule has 1 amide bonds. The Kier molecular flexibility index (Phi) is 5.74. The van der Waals surface area contributed by atoms with Crippen LogP contribution >= 0.6 is 0 Å². The third-order valence-electron chi connectivity index (χ3n) is 5.34. The van der Waals surface area contributed by atoms with Crippen molar-refractivity contribution in [2.75, 3.05) is 32.0 Å². The van der Waals surface area contributed by atoms with Gasteiger partial charge in [0, 0.05) is 25.2 Å². The summed E-state index contributed by atoms with van der Waals surface area (Å²) < 4.78 is 11.5. The first kappa shape index (κ1) is 20.7. The maximum atomic E-state index is 13.0. The number of benzene rings is 2. The summed E-state index contributed by atoms with van der Waals surface area (Å²) in [6.45, 7) is 3.01. The number of nitrogens with two attached hydrogens (primary N) is 1. The number of ether oxygens (including phenoxy) is 1. The molecule has 168 valence electrons. The van der Waals surface area contributed by atoms with Gasteiger partial charge in [-0.2, -0.15) is 9.78 Å². The van der Waals surface area contributed by atoms with Crippen molar-refractivity contribution >= 4 is 28.7 Å². The smallest absolute Gasteiger partial charge is 0.293 e. The Morgan fingerprint density at radius 3 is 2.79 bits per heavy atom. The predicted molar refractivity (Wildman–Crippen MR) is 119 cm³/mol. The summed E-state index contributed by atoms with van der Waals surface area (Å²) in [6, 6.07) is 13.8. The molecule has 3 heterocycles. The fourth-order valence-electron chi connectivity index (χ4n) is 3.68. The van der Waals surface area contributed by atoms with Gasteiger partial charge in [-0.05, 0) is 21.1 Å². The summed E-state index contributed by atoms with van der Waals surface area (Å²) >= 11 is 0. The summed E-state index contributed by atoms with van der Waals surface area (Å²) in [7, 11) is 0. The second-order valence-corrected chi connectivity index (χ2v) is 7.43. The molecule has 5 rings (SSSR count). The highest BCUT2D eigenvalue weighted by atomic mass is 16.6. The quantitative estimate of drug-likeness (QED) is 0.326. The monoisotopic (exact) mass is 447 g/mol. The molecule has 1 saturated heterocycles. The second-order valence-electron chi connectivity index (χ2n) is 7.43. The summed E-state index contributed by atoms with van der Waals surface area (Å²) in [5.74, 6) is -0.288. The molecule has 0 bridgehead atoms. The van der Waals surface area contributed by atoms with Crippen LogP contribution in [0.4, 0.5) is 5.82 Å². The minimum absolute atomic E-state index is 0.0454. The van der Waals surface area contributed by atoms with Crippen molar-refractivity contribution in [3.8, 4) is 5.82 Å². The number of carbonyl (C=O) groups excluding carboxylic acids is 1. The van der Waals surface area contributed by atoms with Crippen LogP contribution in [0.15, 0.2) is 52.2 Å². The number of hydrogen-bond donors (Lipinski definition) is 2. The van der Waals surface area contributed by atoms with Crippen LogP contribution < -0.4 is 11.2 Å². The van der Waals surface area contributed by atoms with Gasteiger partial charge in [0.15, 0.2) is 5.69 Å². The van der Waals surface area contributed by atoms with Crippen LogP contribution in [-0.2, 0) is 11.3 Å². The van der Waals surface area contributed by atoms with Gasteiger partial charge in [-0.3, -0.25) is 9.69 Å². The van der Waals surface area contributed by atoms with Gasteiger partial charge < -0.3 is 10.5 Å². The highest BCUT2D eigenvalue weighted by Gasteiger charge is 2.26. The maximum absolute atomic E-state index is 13.0. The fourth-order valence-corrected chi connectivity index (χ4v) is 3.68. The minimum atomic E-state index is -0.504. The van der Waals surface area contributed by atoms with Crippen molar-refractivity contribution < 1.29 is 14.2 Å². The van der Waals surface area contributed by atoms with Crippen molar-refractivity contribution in [2.45, 2.75) is 6.54 Å². The SMILES string of the molecule is Nc1nonc1-n1nnc(C(=O)N/N=C/c2cccc3ccccc23)c1CN1CCOCC1. The molecule has 0 aliphatic carbocycles. The van der Waals surface area contributed by atoms with Gasteiger partial charge in [-0.25, -0.2) is 10.1 Å². The van der Waals surface area contributed by atoms with E-state index in [0.717, 1.165) is 16.3 Å². The van der Waals surface area contributed by atoms with Gasteiger partial charge in [0.2, 0.25) is 11.6 Å². The highest BCUT2D eigenvalue weighted by molar-refractivity contribution is 6.00. The molecule has 12 nitrogen and oxygen atoms in total. The Bertz CT molecular complexity index is 1300. The molecule has 0 spiro atoms. The average Bonchev–Trinajstić information content (AvgIpc) is 3.45. The van der Waals surface area contributed by atoms with Gasteiger partial charge >= 0.3 is 0 Å². The molecule has 1 fully saturated rings. The van der Waals surface area contributed by atoms with Crippen LogP contribution in [0.3, 0.4) is 0 Å². The number of nitrogens with one attached hydrogen (secondary N) is 1. The van der Waals surface area contributed by atoms with Crippen LogP contribution in [0.1, 0.15) is 21.7 Å². The topological polar surface area (TPSA) is 150 Å². The zero-order chi connectivity index (χ0) is 22.6. The fraction of sp³-hybridized carbons (Fsp3) is 0.238. The van der Waals surface area contributed by atoms with E-state index in [2.05, 4.69) is 36.1 Å². The molecule has 2 aromatic heterocycles. The van der Waals surface area contributed by atoms with Crippen LogP contribution in [0.5, 0.6) is 0 Å². The van der Waals surface area contributed by atoms with E-state index in [1.54, 1.807) is 6.21 Å². The first-order valence-electron chi connectivity index (χ1n) is 10.3. The van der Waals surface area contributed by atoms with Crippen molar-refractivity contribution in [1.82, 2.24) is 35.6 Å². The van der Waals surface area contributed by atoms with Gasteiger partial charge in [-0.1, -0.05) is 47.7 Å². The van der Waals surface area contributed by atoms with E-state index in [4.69, 9.17) is 15.1 Å². The first-order chi connectivity index (χ1) is 16.2. The minimum Gasteiger partial charge on any atom is -0.379 e. The Balaban J connectivity index is 1.40. The normalized spacial score (nSPS) is 14.8. The lowest BCUT2D eigenvalue weighted by Crippen LogP contribution is -2.37. The van der Waals surface area contributed by atoms with Crippen molar-refractivity contribution in [2.24, 2.45) is 5.10 Å². The molecule has 0 radical (unpaired) electrons. The van der Waals surface area contributed by atoms with Gasteiger partial charge in [-0.15, -0.1) is 5.10 Å². The number of nitrogen functional groups attached to an aromatic ring is 1. The van der Waals surface area contributed by atoms with E-state index in [-0.39, 0.29) is 17.3 Å². The molecule has 12 heteroatoms. The van der Waals surface area contributed by atoms with Crippen LogP contribution in [-0.4, -0.2) is 68.6 Å². The molecule has 2 aromatic carbocycles. The van der Waals surface area contributed by atoms with E-state index >= 15 is 0 Å². The summed E-state index contributed by atoms with van der Waals surface area (Å²) in [4.78, 5) is 15.1. The lowest BCUT2D eigenvalue weighted by Gasteiger charge is -2.26. The molecule has 33 heavy (non-hydrogen) atoms. The van der Waals surface area contributed by atoms with Crippen molar-refractivity contribution in [3.63, 3.8) is 0 Å². The molecule has 3 N–H and O–H groups in total. The number of morpholine rings is 1. The number of carbonyl (C=O) groups is 1. The molecule has 0 unspecified atom stereocenters. The van der Waals surface area contributed by atoms with E-state index in [1.807, 2.05) is 42.5 Å². The lowest BCUT2D eigenvalue weighted by molar-refractivity contribution is 0.0332. The van der Waals surface area contributed by atoms with Gasteiger partial charge in [0.1, 0.15) is 0 Å². The summed E-state index contributed by atoms with van der Waals surface area (Å²) in [6.07, 6.45) is 1.60. The summed E-state index contributed by atoms with van der Waals surface area (Å²) in [5.41, 5.74) is 9.87. The average molecular weight is 447 g/mol. The number of amides is 1. The molecule has 0 atom stereocenters. The zero-order valence-corrected chi connectivity index (χ0v) is 17.6. The molecule has 4 aromatic rings. The van der Waals surface area contributed by atoms with Gasteiger partial charge in [0.25, 0.3) is 5.91 Å². The molecular weight excluding hydrogens is 426 g/mol. The zero-order valence-electron chi connectivity index (χ0n) is 17.6. The molecule has 1 aliphatic rings. The number of nitrogens with zero attached hydrogens (tertiary/aromatic N) is 7. The van der Waals surface area contributed by atoms with Gasteiger partial charge in [0.05, 0.1) is 25.1 Å². The summed E-state index contributed by atoms with van der Waals surface area (Å²) in [5, 5.41) is 21.8. The van der Waals surface area contributed by atoms with Crippen LogP contribution in [0.2, 0.25) is 0 Å². The Labute approximate surface area is 187 Å². The first-order valence-corrected chi connectivity index (χ1v) is 10.3. The van der Waals surface area contributed by atoms with E-state index in [9.17, 15) is 4.79 Å². The molecule has 0 saturated carbocycles. The lowest BCUT2D eigenvalue weighted by atomic mass is 10.1. The highest BCUT2D eigenvalue weighted by Crippen LogP contribution is 2.19. The van der Waals surface area contributed by atoms with E-state index in [1.165, 1.54) is 4.68 Å². The third-order valence-corrected chi connectivity index (χ3v) is 5.34. The maximum Gasteiger partial charge on any atom is 0.293 e. The predicted octanol–water partition coefficient (Wildman–Crippen LogP) is 0.982. The Morgan fingerprint density at radius 1 is 1.15 bits per heavy atom. The second kappa shape index (κ2) is 9.14. The number of hydrazone groups is 1. The van der Waals surface area contributed by atoms with E-state index < -0.39 is 5.91 Å². The number of aromatic nitrogens is 5. The molecule has 1 aliphatic heterocycles. The van der Waals surface area contributed by atoms with Crippen LogP contribution in [0, 0.1) is 0 Å². The largest absolute Gasteiger partial charge is 0.379 e. The number of anilines is 1. The standard InChI is InChI=1S/C21H21N9O3/c22-19-20(27-33-26-19)30-17(13-29-8-10-32-11-9-29)18(24-28-30)21(31)25-23-12-15-6-3-5-14-4-1-2-7-16(14)15/h1-7,12H,8-11,13H2,(H2,22,26)(H,25,31)/b23-12+. The Hall–Kier alpha value is -4.16. The van der Waals surface area contributed by atoms with Crippen LogP contribution in [0.25, 0.3) is 16.6 Å². The Morgan fingerprint density at radius 2 is 1.97 bits per heavy atom. The van der Waals surface area contributed by atoms with E-state index in [0.29, 0.717) is 38.5 Å². The number of rotatable bonds is 6. The third kappa shape index (κ3) is 4.29. The van der Waals surface area contributed by atoms with Crippen molar-refractivity contribution in [1.29, 1.82) is 0 Å². The number of hydrogen-bond acceptors (Lipinski definition) is 10.